The maximum absolute atomic E-state index is 13.3. The first-order valence-corrected chi connectivity index (χ1v) is 12.7. The summed E-state index contributed by atoms with van der Waals surface area (Å²) in [6.07, 6.45) is 7.23. The number of rotatable bonds is 8. The highest BCUT2D eigenvalue weighted by Crippen LogP contribution is 2.36. The number of carbonyl (C=O) groups is 1. The van der Waals surface area contributed by atoms with E-state index in [0.29, 0.717) is 17.5 Å². The molecule has 0 spiro atoms. The number of amides is 1. The predicted octanol–water partition coefficient (Wildman–Crippen LogP) is 2.91. The number of anilines is 3. The highest BCUT2D eigenvalue weighted by molar-refractivity contribution is 5.97. The maximum atomic E-state index is 13.3. The summed E-state index contributed by atoms with van der Waals surface area (Å²) in [5, 5.41) is 10.7. The number of allylic oxidation sites excluding steroid dienone is 1. The molecule has 0 unspecified atom stereocenters. The summed E-state index contributed by atoms with van der Waals surface area (Å²) in [7, 11) is 5.54. The van der Waals surface area contributed by atoms with E-state index < -0.39 is 0 Å². The number of likely N-dealkylation sites (N-methyl/N-ethyl adjacent to an activating group) is 1. The van der Waals surface area contributed by atoms with Gasteiger partial charge in [-0.2, -0.15) is 0 Å². The van der Waals surface area contributed by atoms with Gasteiger partial charge in [-0.05, 0) is 43.1 Å². The summed E-state index contributed by atoms with van der Waals surface area (Å²) >= 11 is 0. The van der Waals surface area contributed by atoms with Crippen molar-refractivity contribution in [3.63, 3.8) is 0 Å². The fraction of sp³-hybridized carbons (Fsp3) is 0.407. The molecule has 1 aliphatic heterocycles. The summed E-state index contributed by atoms with van der Waals surface area (Å²) in [4.78, 5) is 27.1. The number of nitrogens with zero attached hydrogens (tertiary/aromatic N) is 6. The molecule has 3 aromatic rings. The van der Waals surface area contributed by atoms with Gasteiger partial charge in [-0.1, -0.05) is 25.1 Å². The van der Waals surface area contributed by atoms with Gasteiger partial charge in [-0.25, -0.2) is 9.97 Å². The molecule has 37 heavy (non-hydrogen) atoms. The van der Waals surface area contributed by atoms with E-state index in [-0.39, 0.29) is 11.9 Å². The molecule has 1 amide bonds. The number of nitrogens with one attached hydrogen (secondary N) is 2. The van der Waals surface area contributed by atoms with Crippen LogP contribution in [0.1, 0.15) is 30.2 Å². The molecule has 10 heteroatoms. The standard InChI is InChI=1S/C27H34N8O2/c1-5-24(35-15-13-33(2)14-16-35)25(36)29-21-8-6-7-18-19(21)9-10-20(18)22-11-12-28-27(30-22)31-23-17-34(3)32-26(23)37-4/h6-8,10-12,17,24H,5,9,13-16H2,1-4H3,(H,29,36)(H,28,30,31)/t24-/m1/s1. The fourth-order valence-electron chi connectivity index (χ4n) is 5.09. The lowest BCUT2D eigenvalue weighted by molar-refractivity contribution is -0.122. The van der Waals surface area contributed by atoms with Gasteiger partial charge in [0.2, 0.25) is 11.9 Å². The third-order valence-electron chi connectivity index (χ3n) is 7.07. The van der Waals surface area contributed by atoms with Gasteiger partial charge in [-0.15, -0.1) is 5.10 Å². The summed E-state index contributed by atoms with van der Waals surface area (Å²) in [5.41, 5.74) is 5.59. The molecule has 5 rings (SSSR count). The summed E-state index contributed by atoms with van der Waals surface area (Å²) < 4.78 is 7.00. The molecule has 1 aliphatic carbocycles. The first-order chi connectivity index (χ1) is 18.0. The number of piperazine rings is 1. The van der Waals surface area contributed by atoms with Crippen molar-refractivity contribution in [2.75, 3.05) is 51.0 Å². The van der Waals surface area contributed by atoms with Gasteiger partial charge in [0.15, 0.2) is 0 Å². The van der Waals surface area contributed by atoms with E-state index in [9.17, 15) is 4.79 Å². The average molecular weight is 503 g/mol. The third kappa shape index (κ3) is 5.21. The summed E-state index contributed by atoms with van der Waals surface area (Å²) in [6.45, 7) is 5.88. The second-order valence-electron chi connectivity index (χ2n) is 9.52. The third-order valence-corrected chi connectivity index (χ3v) is 7.07. The lowest BCUT2D eigenvalue weighted by Gasteiger charge is -2.36. The molecule has 2 aliphatic rings. The number of hydrogen-bond donors (Lipinski definition) is 2. The molecule has 10 nitrogen and oxygen atoms in total. The molecule has 2 N–H and O–H groups in total. The Balaban J connectivity index is 1.34. The number of methoxy groups -OCH3 is 1. The molecule has 1 fully saturated rings. The Bertz CT molecular complexity index is 1310. The highest BCUT2D eigenvalue weighted by Gasteiger charge is 2.28. The van der Waals surface area contributed by atoms with Crippen molar-refractivity contribution in [3.8, 4) is 5.88 Å². The minimum absolute atomic E-state index is 0.0628. The molecule has 194 valence electrons. The van der Waals surface area contributed by atoms with Crippen molar-refractivity contribution in [1.82, 2.24) is 29.5 Å². The van der Waals surface area contributed by atoms with Crippen LogP contribution in [0.3, 0.4) is 0 Å². The molecular weight excluding hydrogens is 468 g/mol. The van der Waals surface area contributed by atoms with Crippen LogP contribution in [0.15, 0.2) is 42.7 Å². The summed E-state index contributed by atoms with van der Waals surface area (Å²) in [5.74, 6) is 0.998. The SMILES string of the molecule is CC[C@H](C(=O)Nc1cccc2c1CC=C2c1ccnc(Nc2cn(C)nc2OC)n1)N1CCN(C)CC1. The number of benzene rings is 1. The zero-order valence-electron chi connectivity index (χ0n) is 21.9. The quantitative estimate of drug-likeness (QED) is 0.485. The van der Waals surface area contributed by atoms with Crippen LogP contribution in [0.2, 0.25) is 0 Å². The number of hydrogen-bond acceptors (Lipinski definition) is 8. The first kappa shape index (κ1) is 24.9. The smallest absolute Gasteiger partial charge is 0.256 e. The topological polar surface area (TPSA) is 100 Å². The number of aromatic nitrogens is 4. The monoisotopic (exact) mass is 502 g/mol. The fourth-order valence-corrected chi connectivity index (χ4v) is 5.09. The van der Waals surface area contributed by atoms with Crippen LogP contribution in [0, 0.1) is 0 Å². The van der Waals surface area contributed by atoms with Gasteiger partial charge in [-0.3, -0.25) is 14.4 Å². The molecule has 2 aromatic heterocycles. The van der Waals surface area contributed by atoms with E-state index in [2.05, 4.69) is 56.6 Å². The van der Waals surface area contributed by atoms with Crippen LogP contribution in [0.4, 0.5) is 17.3 Å². The van der Waals surface area contributed by atoms with Gasteiger partial charge < -0.3 is 20.3 Å². The lowest BCUT2D eigenvalue weighted by atomic mass is 10.0. The van der Waals surface area contributed by atoms with E-state index >= 15 is 0 Å². The molecule has 1 aromatic carbocycles. The van der Waals surface area contributed by atoms with E-state index in [4.69, 9.17) is 9.72 Å². The Morgan fingerprint density at radius 2 is 1.95 bits per heavy atom. The average Bonchev–Trinajstić information content (AvgIpc) is 3.49. The number of fused-ring (bicyclic) bond motifs is 1. The minimum atomic E-state index is -0.127. The van der Waals surface area contributed by atoms with Crippen molar-refractivity contribution < 1.29 is 9.53 Å². The molecule has 1 atom stereocenters. The molecular formula is C27H34N8O2. The number of aryl methyl sites for hydroxylation is 1. The van der Waals surface area contributed by atoms with E-state index in [0.717, 1.165) is 67.1 Å². The normalized spacial score (nSPS) is 16.7. The zero-order chi connectivity index (χ0) is 25.9. The molecule has 3 heterocycles. The van der Waals surface area contributed by atoms with Crippen LogP contribution in [0.5, 0.6) is 5.88 Å². The molecule has 0 radical (unpaired) electrons. The zero-order valence-corrected chi connectivity index (χ0v) is 21.9. The second-order valence-corrected chi connectivity index (χ2v) is 9.52. The van der Waals surface area contributed by atoms with Crippen LogP contribution in [-0.2, 0) is 18.3 Å². The lowest BCUT2D eigenvalue weighted by Crippen LogP contribution is -2.52. The number of carbonyl (C=O) groups excluding carboxylic acids is 1. The maximum Gasteiger partial charge on any atom is 0.256 e. The van der Waals surface area contributed by atoms with Gasteiger partial charge in [0.1, 0.15) is 5.69 Å². The summed E-state index contributed by atoms with van der Waals surface area (Å²) in [6, 6.07) is 7.84. The van der Waals surface area contributed by atoms with Gasteiger partial charge in [0.05, 0.1) is 25.0 Å². The largest absolute Gasteiger partial charge is 0.478 e. The molecule has 0 bridgehead atoms. The van der Waals surface area contributed by atoms with Crippen LogP contribution in [-0.4, -0.2) is 81.8 Å². The Morgan fingerprint density at radius 1 is 1.14 bits per heavy atom. The highest BCUT2D eigenvalue weighted by atomic mass is 16.5. The second kappa shape index (κ2) is 10.7. The van der Waals surface area contributed by atoms with Crippen molar-refractivity contribution in [2.45, 2.75) is 25.8 Å². The minimum Gasteiger partial charge on any atom is -0.478 e. The van der Waals surface area contributed by atoms with E-state index in [1.54, 1.807) is 18.0 Å². The Hall–Kier alpha value is -3.76. The van der Waals surface area contributed by atoms with E-state index in [1.165, 1.54) is 0 Å². The van der Waals surface area contributed by atoms with E-state index in [1.807, 2.05) is 31.4 Å². The van der Waals surface area contributed by atoms with Crippen molar-refractivity contribution in [3.05, 3.63) is 59.6 Å². The first-order valence-electron chi connectivity index (χ1n) is 12.7. The van der Waals surface area contributed by atoms with Crippen LogP contribution in [0.25, 0.3) is 5.57 Å². The number of ether oxygens (including phenoxy) is 1. The Morgan fingerprint density at radius 3 is 2.70 bits per heavy atom. The predicted molar refractivity (Wildman–Crippen MR) is 144 cm³/mol. The van der Waals surface area contributed by atoms with Crippen LogP contribution >= 0.6 is 0 Å². The van der Waals surface area contributed by atoms with Crippen LogP contribution < -0.4 is 15.4 Å². The Kier molecular flexibility index (Phi) is 7.20. The van der Waals surface area contributed by atoms with Crippen molar-refractivity contribution in [1.29, 1.82) is 0 Å². The van der Waals surface area contributed by atoms with Crippen molar-refractivity contribution in [2.24, 2.45) is 7.05 Å². The van der Waals surface area contributed by atoms with Gasteiger partial charge >= 0.3 is 0 Å². The van der Waals surface area contributed by atoms with Gasteiger partial charge in [0, 0.05) is 50.7 Å². The van der Waals surface area contributed by atoms with Gasteiger partial charge in [0.25, 0.3) is 5.88 Å². The molecule has 1 saturated heterocycles. The molecule has 0 saturated carbocycles. The Labute approximate surface area is 217 Å². The van der Waals surface area contributed by atoms with Crippen molar-refractivity contribution >= 4 is 28.8 Å².